The molecule has 0 unspecified atom stereocenters. The summed E-state index contributed by atoms with van der Waals surface area (Å²) in [4.78, 5) is 0. The molecule has 0 aromatic carbocycles. The fraction of sp³-hybridized carbons (Fsp3) is 1.00. The lowest BCUT2D eigenvalue weighted by Gasteiger charge is -2.28. The van der Waals surface area contributed by atoms with Crippen molar-refractivity contribution in [2.45, 2.75) is 78.2 Å². The Balaban J connectivity index is 4.15. The van der Waals surface area contributed by atoms with Gasteiger partial charge in [-0.2, -0.15) is 0 Å². The number of hydrogen-bond donors (Lipinski definition) is 0. The number of unbranched alkanes of at least 4 members (excludes halogenated alkanes) is 5. The molecule has 0 spiro atoms. The maximum absolute atomic E-state index is 6.06. The Morgan fingerprint density at radius 2 is 1.16 bits per heavy atom. The Kier molecular flexibility index (Phi) is 13.2. The summed E-state index contributed by atoms with van der Waals surface area (Å²) >= 11 is 0. The molecule has 0 aliphatic rings. The highest BCUT2D eigenvalue weighted by Gasteiger charge is 2.39. The van der Waals surface area contributed by atoms with Gasteiger partial charge in [0.1, 0.15) is 0 Å². The van der Waals surface area contributed by atoms with E-state index in [-0.39, 0.29) is 0 Å². The van der Waals surface area contributed by atoms with Crippen molar-refractivity contribution in [2.24, 2.45) is 0 Å². The average molecular weight is 291 g/mol. The second-order valence-electron chi connectivity index (χ2n) is 5.10. The standard InChI is InChI=1S/C15H34O3Si/c1-5-8-11-13-17-19(16-4,15-10-7-3)18-14-12-9-6-2/h5-15H2,1-4H3. The molecule has 0 heterocycles. The van der Waals surface area contributed by atoms with Gasteiger partial charge in [0, 0.05) is 26.4 Å². The third kappa shape index (κ3) is 9.60. The zero-order chi connectivity index (χ0) is 14.4. The predicted molar refractivity (Wildman–Crippen MR) is 83.4 cm³/mol. The van der Waals surface area contributed by atoms with E-state index in [1.54, 1.807) is 7.11 Å². The van der Waals surface area contributed by atoms with Gasteiger partial charge < -0.3 is 13.3 Å². The smallest absolute Gasteiger partial charge is 0.377 e. The minimum atomic E-state index is -2.39. The monoisotopic (exact) mass is 290 g/mol. The zero-order valence-electron chi connectivity index (χ0n) is 13.5. The van der Waals surface area contributed by atoms with Crippen LogP contribution in [-0.2, 0) is 13.3 Å². The second kappa shape index (κ2) is 13.1. The molecule has 0 aliphatic carbocycles. The maximum Gasteiger partial charge on any atom is 0.500 e. The van der Waals surface area contributed by atoms with Crippen LogP contribution in [0.4, 0.5) is 0 Å². The Morgan fingerprint density at radius 1 is 0.684 bits per heavy atom. The molecule has 0 rings (SSSR count). The third-order valence-corrected chi connectivity index (χ3v) is 6.16. The number of hydrogen-bond acceptors (Lipinski definition) is 3. The van der Waals surface area contributed by atoms with Crippen LogP contribution in [0.15, 0.2) is 0 Å². The van der Waals surface area contributed by atoms with Crippen molar-refractivity contribution < 1.29 is 13.3 Å². The van der Waals surface area contributed by atoms with Crippen LogP contribution in [0.5, 0.6) is 0 Å². The molecule has 3 nitrogen and oxygen atoms in total. The highest BCUT2D eigenvalue weighted by atomic mass is 28.4. The van der Waals surface area contributed by atoms with Gasteiger partial charge in [-0.1, -0.05) is 52.9 Å². The lowest BCUT2D eigenvalue weighted by atomic mass is 10.3. The summed E-state index contributed by atoms with van der Waals surface area (Å²) in [6.45, 7) is 8.18. The Hall–Kier alpha value is 0.0969. The summed E-state index contributed by atoms with van der Waals surface area (Å²) in [5.74, 6) is 0. The first-order valence-electron chi connectivity index (χ1n) is 8.07. The SMILES string of the molecule is CCCCCO[Si](CCCC)(OC)OCCCCC. The molecule has 0 aliphatic heterocycles. The van der Waals surface area contributed by atoms with Gasteiger partial charge in [-0.15, -0.1) is 0 Å². The summed E-state index contributed by atoms with van der Waals surface area (Å²) in [6, 6.07) is 0.957. The van der Waals surface area contributed by atoms with Crippen molar-refractivity contribution in [3.8, 4) is 0 Å². The van der Waals surface area contributed by atoms with E-state index < -0.39 is 8.80 Å². The van der Waals surface area contributed by atoms with Crippen LogP contribution in [0, 0.1) is 0 Å². The molecule has 0 atom stereocenters. The van der Waals surface area contributed by atoms with E-state index in [1.165, 1.54) is 25.7 Å². The van der Waals surface area contributed by atoms with Crippen molar-refractivity contribution in [3.63, 3.8) is 0 Å². The molecule has 0 aromatic rings. The molecule has 19 heavy (non-hydrogen) atoms. The maximum atomic E-state index is 6.06. The van der Waals surface area contributed by atoms with Crippen LogP contribution in [0.2, 0.25) is 6.04 Å². The summed E-state index contributed by atoms with van der Waals surface area (Å²) in [5.41, 5.74) is 0. The largest absolute Gasteiger partial charge is 0.500 e. The normalized spacial score (nSPS) is 12.0. The molecule has 0 radical (unpaired) electrons. The molecule has 0 N–H and O–H groups in total. The fourth-order valence-corrected chi connectivity index (χ4v) is 4.47. The molecule has 0 fully saturated rings. The van der Waals surface area contributed by atoms with Gasteiger partial charge in [0.15, 0.2) is 0 Å². The van der Waals surface area contributed by atoms with Gasteiger partial charge in [-0.25, -0.2) is 0 Å². The van der Waals surface area contributed by atoms with E-state index in [9.17, 15) is 0 Å². The highest BCUT2D eigenvalue weighted by molar-refractivity contribution is 6.60. The van der Waals surface area contributed by atoms with E-state index >= 15 is 0 Å². The van der Waals surface area contributed by atoms with Crippen LogP contribution in [-0.4, -0.2) is 29.1 Å². The van der Waals surface area contributed by atoms with Crippen LogP contribution in [0.3, 0.4) is 0 Å². The van der Waals surface area contributed by atoms with Crippen molar-refractivity contribution >= 4 is 8.80 Å². The fourth-order valence-electron chi connectivity index (χ4n) is 1.96. The molecule has 0 bridgehead atoms. The Labute approximate surface area is 121 Å². The van der Waals surface area contributed by atoms with Crippen molar-refractivity contribution in [3.05, 3.63) is 0 Å². The summed E-state index contributed by atoms with van der Waals surface area (Å²) < 4.78 is 17.8. The van der Waals surface area contributed by atoms with Crippen LogP contribution < -0.4 is 0 Å². The Morgan fingerprint density at radius 3 is 1.53 bits per heavy atom. The van der Waals surface area contributed by atoms with E-state index in [4.69, 9.17) is 13.3 Å². The van der Waals surface area contributed by atoms with E-state index in [2.05, 4.69) is 20.8 Å². The summed E-state index contributed by atoms with van der Waals surface area (Å²) in [5, 5.41) is 0. The minimum absolute atomic E-state index is 0.783. The van der Waals surface area contributed by atoms with Gasteiger partial charge in [-0.05, 0) is 19.3 Å². The average Bonchev–Trinajstić information content (AvgIpc) is 2.45. The first kappa shape index (κ1) is 19.1. The molecule has 0 amide bonds. The molecule has 0 aromatic heterocycles. The number of rotatable bonds is 14. The summed E-state index contributed by atoms with van der Waals surface area (Å²) in [7, 11) is -0.639. The quantitative estimate of drug-likeness (QED) is 0.340. The molecular weight excluding hydrogens is 256 g/mol. The van der Waals surface area contributed by atoms with Gasteiger partial charge in [-0.3, -0.25) is 0 Å². The Bertz CT molecular complexity index is 176. The van der Waals surface area contributed by atoms with Crippen LogP contribution in [0.1, 0.15) is 72.1 Å². The molecular formula is C15H34O3Si. The van der Waals surface area contributed by atoms with Gasteiger partial charge in [0.05, 0.1) is 0 Å². The minimum Gasteiger partial charge on any atom is -0.377 e. The second-order valence-corrected chi connectivity index (χ2v) is 7.95. The van der Waals surface area contributed by atoms with Crippen molar-refractivity contribution in [2.75, 3.05) is 20.3 Å². The van der Waals surface area contributed by atoms with E-state index in [0.29, 0.717) is 0 Å². The molecule has 0 saturated heterocycles. The van der Waals surface area contributed by atoms with Gasteiger partial charge in [0.25, 0.3) is 0 Å². The van der Waals surface area contributed by atoms with E-state index in [0.717, 1.165) is 44.9 Å². The van der Waals surface area contributed by atoms with Gasteiger partial charge >= 0.3 is 8.80 Å². The molecule has 4 heteroatoms. The highest BCUT2D eigenvalue weighted by Crippen LogP contribution is 2.19. The summed E-state index contributed by atoms with van der Waals surface area (Å²) in [6.07, 6.45) is 9.39. The predicted octanol–water partition coefficient (Wildman–Crippen LogP) is 4.79. The lowest BCUT2D eigenvalue weighted by Crippen LogP contribution is -2.45. The molecule has 0 saturated carbocycles. The van der Waals surface area contributed by atoms with E-state index in [1.807, 2.05) is 0 Å². The lowest BCUT2D eigenvalue weighted by molar-refractivity contribution is 0.0738. The molecule has 116 valence electrons. The zero-order valence-corrected chi connectivity index (χ0v) is 14.5. The van der Waals surface area contributed by atoms with Gasteiger partial charge in [0.2, 0.25) is 0 Å². The van der Waals surface area contributed by atoms with Crippen LogP contribution >= 0.6 is 0 Å². The van der Waals surface area contributed by atoms with Crippen molar-refractivity contribution in [1.82, 2.24) is 0 Å². The van der Waals surface area contributed by atoms with Crippen molar-refractivity contribution in [1.29, 1.82) is 0 Å². The third-order valence-electron chi connectivity index (χ3n) is 3.29. The first-order valence-corrected chi connectivity index (χ1v) is 10.0. The van der Waals surface area contributed by atoms with Crippen LogP contribution in [0.25, 0.3) is 0 Å². The first-order chi connectivity index (χ1) is 9.24. The topological polar surface area (TPSA) is 27.7 Å².